The standard InChI is InChI=1S/C45H36N12O.ClH/c1-29(50-54-44-46-39-17-9-11-19-41(39)56(44)27-31-13-5-3-6-14-31)48-52-33-21-23-35-37(25-33)38-26-34(22-24-36(38)43(35)58)53-49-30(2)51-55-45-47-40-18-10-12-20-42(40)57(45)28-32-15-7-4-8-16-32;/h3-26H,27-28H2,1-2H3,(H,46,54)(H,47,55);1H. The van der Waals surface area contributed by atoms with E-state index in [-0.39, 0.29) is 18.2 Å². The number of carbonyl (C=O) groups is 1. The molecule has 2 heterocycles. The maximum atomic E-state index is 13.3. The van der Waals surface area contributed by atoms with Crippen molar-refractivity contribution in [2.75, 3.05) is 10.9 Å². The number of nitrogens with zero attached hydrogens (tertiary/aromatic N) is 10. The van der Waals surface area contributed by atoms with E-state index in [0.29, 0.717) is 59.2 Å². The molecule has 0 atom stereocenters. The zero-order valence-corrected chi connectivity index (χ0v) is 32.9. The molecule has 2 aromatic heterocycles. The predicted octanol–water partition coefficient (Wildman–Crippen LogP) is 11.2. The molecule has 0 saturated heterocycles. The normalized spacial score (nSPS) is 12.7. The molecule has 14 heteroatoms. The molecule has 1 aliphatic rings. The minimum Gasteiger partial charge on any atom is -0.304 e. The lowest BCUT2D eigenvalue weighted by Crippen LogP contribution is -2.06. The molecule has 8 aromatic rings. The molecule has 0 radical (unpaired) electrons. The van der Waals surface area contributed by atoms with Crippen molar-refractivity contribution in [1.29, 1.82) is 0 Å². The number of fused-ring (bicyclic) bond motifs is 5. The van der Waals surface area contributed by atoms with Gasteiger partial charge in [0.05, 0.1) is 46.5 Å². The van der Waals surface area contributed by atoms with Gasteiger partial charge in [-0.15, -0.1) is 32.9 Å². The second-order valence-corrected chi connectivity index (χ2v) is 13.7. The highest BCUT2D eigenvalue weighted by atomic mass is 35.5. The maximum absolute atomic E-state index is 13.3. The maximum Gasteiger partial charge on any atom is 0.225 e. The number of para-hydroxylation sites is 4. The minimum absolute atomic E-state index is 0. The first-order chi connectivity index (χ1) is 28.5. The molecule has 59 heavy (non-hydrogen) atoms. The molecule has 0 unspecified atom stereocenters. The molecule has 1 aliphatic carbocycles. The van der Waals surface area contributed by atoms with Crippen molar-refractivity contribution < 1.29 is 4.79 Å². The van der Waals surface area contributed by atoms with Crippen LogP contribution in [0.25, 0.3) is 33.2 Å². The van der Waals surface area contributed by atoms with Gasteiger partial charge < -0.3 is 9.13 Å². The van der Waals surface area contributed by atoms with E-state index in [9.17, 15) is 4.79 Å². The van der Waals surface area contributed by atoms with Crippen LogP contribution in [0.2, 0.25) is 0 Å². The highest BCUT2D eigenvalue weighted by Gasteiger charge is 2.27. The van der Waals surface area contributed by atoms with Crippen molar-refractivity contribution >= 4 is 75.2 Å². The number of nitrogens with one attached hydrogen (secondary N) is 2. The summed E-state index contributed by atoms with van der Waals surface area (Å²) in [6, 6.07) is 47.1. The van der Waals surface area contributed by atoms with Crippen molar-refractivity contribution in [3.63, 3.8) is 0 Å². The number of carbonyl (C=O) groups excluding carboxylic acids is 1. The fraction of sp³-hybridized carbons (Fsp3) is 0.0889. The van der Waals surface area contributed by atoms with Gasteiger partial charge in [-0.05, 0) is 96.8 Å². The average Bonchev–Trinajstić information content (AvgIpc) is 3.89. The van der Waals surface area contributed by atoms with Crippen LogP contribution < -0.4 is 10.9 Å². The van der Waals surface area contributed by atoms with Gasteiger partial charge in [0.1, 0.15) is 0 Å². The Labute approximate surface area is 345 Å². The van der Waals surface area contributed by atoms with Crippen LogP contribution in [0.15, 0.2) is 176 Å². The van der Waals surface area contributed by atoms with E-state index in [1.54, 1.807) is 38.1 Å². The Kier molecular flexibility index (Phi) is 10.9. The van der Waals surface area contributed by atoms with Crippen LogP contribution in [0.5, 0.6) is 0 Å². The molecule has 0 fully saturated rings. The van der Waals surface area contributed by atoms with Gasteiger partial charge in [-0.3, -0.25) is 4.79 Å². The Morgan fingerprint density at radius 1 is 0.525 bits per heavy atom. The summed E-state index contributed by atoms with van der Waals surface area (Å²) >= 11 is 0. The molecule has 0 aliphatic heterocycles. The number of benzene rings is 6. The van der Waals surface area contributed by atoms with Gasteiger partial charge in [0.15, 0.2) is 17.5 Å². The predicted molar refractivity (Wildman–Crippen MR) is 236 cm³/mol. The summed E-state index contributed by atoms with van der Waals surface area (Å²) in [4.78, 5) is 22.8. The number of anilines is 2. The van der Waals surface area contributed by atoms with E-state index in [0.717, 1.165) is 44.3 Å². The second-order valence-electron chi connectivity index (χ2n) is 13.7. The first-order valence-electron chi connectivity index (χ1n) is 18.7. The number of aromatic nitrogens is 4. The number of imidazole rings is 2. The average molecular weight is 797 g/mol. The van der Waals surface area contributed by atoms with Crippen molar-refractivity contribution in [2.45, 2.75) is 26.9 Å². The number of rotatable bonds is 10. The number of hydrogen-bond donors (Lipinski definition) is 2. The molecule has 13 nitrogen and oxygen atoms in total. The molecule has 0 bridgehead atoms. The van der Waals surface area contributed by atoms with Gasteiger partial charge in [-0.25, -0.2) is 20.8 Å². The quantitative estimate of drug-likeness (QED) is 0.0611. The van der Waals surface area contributed by atoms with E-state index in [2.05, 4.69) is 74.9 Å². The van der Waals surface area contributed by atoms with Gasteiger partial charge in [-0.1, -0.05) is 84.9 Å². The third kappa shape index (κ3) is 8.13. The van der Waals surface area contributed by atoms with E-state index in [1.165, 1.54) is 0 Å². The summed E-state index contributed by atoms with van der Waals surface area (Å²) in [6.07, 6.45) is 0. The second kappa shape index (κ2) is 16.8. The Bertz CT molecular complexity index is 2750. The topological polar surface area (TPSA) is 151 Å². The largest absolute Gasteiger partial charge is 0.304 e. The van der Waals surface area contributed by atoms with Gasteiger partial charge in [0.2, 0.25) is 11.9 Å². The van der Waals surface area contributed by atoms with Crippen LogP contribution in [0.4, 0.5) is 23.3 Å². The number of ketones is 1. The number of hydrazone groups is 2. The third-order valence-corrected chi connectivity index (χ3v) is 9.72. The molecule has 2 N–H and O–H groups in total. The molecule has 0 amide bonds. The van der Waals surface area contributed by atoms with Crippen LogP contribution in [-0.2, 0) is 13.1 Å². The molecule has 0 saturated carbocycles. The van der Waals surface area contributed by atoms with E-state index in [4.69, 9.17) is 9.97 Å². The summed E-state index contributed by atoms with van der Waals surface area (Å²) in [7, 11) is 0. The summed E-state index contributed by atoms with van der Waals surface area (Å²) in [5, 5.41) is 26.5. The Morgan fingerprint density at radius 3 is 1.37 bits per heavy atom. The summed E-state index contributed by atoms with van der Waals surface area (Å²) in [5.41, 5.74) is 16.0. The molecule has 0 spiro atoms. The number of amidine groups is 2. The minimum atomic E-state index is -0.0577. The van der Waals surface area contributed by atoms with E-state index >= 15 is 0 Å². The van der Waals surface area contributed by atoms with Gasteiger partial charge in [0, 0.05) is 11.1 Å². The Balaban J connectivity index is 0.00000484. The highest BCUT2D eigenvalue weighted by Crippen LogP contribution is 2.40. The summed E-state index contributed by atoms with van der Waals surface area (Å²) in [5.74, 6) is 1.93. The smallest absolute Gasteiger partial charge is 0.225 e. The van der Waals surface area contributed by atoms with E-state index < -0.39 is 0 Å². The van der Waals surface area contributed by atoms with Crippen LogP contribution in [0.3, 0.4) is 0 Å². The zero-order chi connectivity index (χ0) is 39.4. The Hall–Kier alpha value is -7.64. The molecular weight excluding hydrogens is 760 g/mol. The SMILES string of the molecule is CC(N=Nc1ccc2c(c1)-c1cc(N=NC(C)=NNc3nc4ccccc4n3Cc3ccccc3)ccc1C2=O)=NNc1nc2ccccc2n1Cc1ccccc1.Cl. The zero-order valence-electron chi connectivity index (χ0n) is 32.1. The third-order valence-electron chi connectivity index (χ3n) is 9.72. The van der Waals surface area contributed by atoms with Crippen molar-refractivity contribution in [1.82, 2.24) is 19.1 Å². The summed E-state index contributed by atoms with van der Waals surface area (Å²) < 4.78 is 4.16. The molecule has 6 aromatic carbocycles. The number of hydrogen-bond acceptors (Lipinski definition) is 9. The van der Waals surface area contributed by atoms with Crippen LogP contribution in [-0.4, -0.2) is 36.6 Å². The fourth-order valence-electron chi connectivity index (χ4n) is 6.92. The first-order valence-corrected chi connectivity index (χ1v) is 18.7. The molecule has 9 rings (SSSR count). The summed E-state index contributed by atoms with van der Waals surface area (Å²) in [6.45, 7) is 4.77. The van der Waals surface area contributed by atoms with Crippen LogP contribution in [0, 0.1) is 0 Å². The van der Waals surface area contributed by atoms with Crippen molar-refractivity contribution in [2.24, 2.45) is 30.7 Å². The number of azo groups is 2. The van der Waals surface area contributed by atoms with Gasteiger partial charge in [-0.2, -0.15) is 10.2 Å². The highest BCUT2D eigenvalue weighted by molar-refractivity contribution is 6.22. The first kappa shape index (κ1) is 38.2. The van der Waals surface area contributed by atoms with Crippen LogP contribution >= 0.6 is 12.4 Å². The fourth-order valence-corrected chi connectivity index (χ4v) is 6.92. The van der Waals surface area contributed by atoms with E-state index in [1.807, 2.05) is 97.1 Å². The number of halogens is 1. The monoisotopic (exact) mass is 796 g/mol. The van der Waals surface area contributed by atoms with Crippen molar-refractivity contribution in [3.8, 4) is 11.1 Å². The lowest BCUT2D eigenvalue weighted by atomic mass is 10.0. The van der Waals surface area contributed by atoms with Gasteiger partial charge >= 0.3 is 0 Å². The van der Waals surface area contributed by atoms with Crippen LogP contribution in [0.1, 0.15) is 40.9 Å². The lowest BCUT2D eigenvalue weighted by Gasteiger charge is -2.08. The molecule has 290 valence electrons. The lowest BCUT2D eigenvalue weighted by molar-refractivity contribution is 0.104. The van der Waals surface area contributed by atoms with Crippen molar-refractivity contribution in [3.05, 3.63) is 168 Å². The Morgan fingerprint density at radius 2 is 0.932 bits per heavy atom. The molecular formula is C45H37ClN12O. The van der Waals surface area contributed by atoms with Gasteiger partial charge in [0.25, 0.3) is 0 Å².